The average Bonchev–Trinajstić information content (AvgIpc) is 3.17. The molecule has 0 atom stereocenters. The Morgan fingerprint density at radius 1 is 1.38 bits per heavy atom. The Hall–Kier alpha value is -2.36. The first-order valence-electron chi connectivity index (χ1n) is 9.09. The predicted molar refractivity (Wildman–Crippen MR) is 113 cm³/mol. The van der Waals surface area contributed by atoms with Gasteiger partial charge >= 0.3 is 0 Å². The summed E-state index contributed by atoms with van der Waals surface area (Å²) in [4.78, 5) is 29.7. The minimum atomic E-state index is -0.279. The number of nitrogens with zero attached hydrogens (tertiary/aromatic N) is 3. The third-order valence-corrected chi connectivity index (χ3v) is 5.11. The molecule has 29 heavy (non-hydrogen) atoms. The van der Waals surface area contributed by atoms with E-state index >= 15 is 0 Å². The summed E-state index contributed by atoms with van der Waals surface area (Å²) >= 11 is 7.22. The second-order valence-corrected chi connectivity index (χ2v) is 7.89. The number of anilines is 1. The van der Waals surface area contributed by atoms with E-state index < -0.39 is 0 Å². The number of carbonyl (C=O) groups is 1. The van der Waals surface area contributed by atoms with Gasteiger partial charge in [-0.3, -0.25) is 14.2 Å². The number of benzene rings is 1. The summed E-state index contributed by atoms with van der Waals surface area (Å²) in [7, 11) is 0. The highest BCUT2D eigenvalue weighted by atomic mass is 35.5. The number of amides is 1. The van der Waals surface area contributed by atoms with Crippen LogP contribution >= 0.6 is 23.4 Å². The van der Waals surface area contributed by atoms with Crippen molar-refractivity contribution in [2.75, 3.05) is 17.7 Å². The Bertz CT molecular complexity index is 1040. The van der Waals surface area contributed by atoms with E-state index in [0.29, 0.717) is 46.5 Å². The highest BCUT2D eigenvalue weighted by molar-refractivity contribution is 7.99. The van der Waals surface area contributed by atoms with Gasteiger partial charge in [-0.15, -0.1) is 0 Å². The lowest BCUT2D eigenvalue weighted by Crippen LogP contribution is -2.25. The number of hydrogen-bond acceptors (Lipinski definition) is 7. The number of thioether (sulfide) groups is 1. The van der Waals surface area contributed by atoms with Crippen LogP contribution in [-0.2, 0) is 16.1 Å². The molecule has 2 aromatic heterocycles. The topological polar surface area (TPSA) is 99.2 Å². The van der Waals surface area contributed by atoms with Gasteiger partial charge in [-0.25, -0.2) is 4.98 Å². The molecule has 0 saturated carbocycles. The van der Waals surface area contributed by atoms with E-state index in [1.54, 1.807) is 28.8 Å². The summed E-state index contributed by atoms with van der Waals surface area (Å²) in [6.07, 6.45) is 2.14. The number of fused-ring (bicyclic) bond motifs is 1. The molecule has 10 heteroatoms. The van der Waals surface area contributed by atoms with Gasteiger partial charge in [0, 0.05) is 24.2 Å². The fourth-order valence-electron chi connectivity index (χ4n) is 2.61. The Labute approximate surface area is 176 Å². The van der Waals surface area contributed by atoms with Gasteiger partial charge in [0.15, 0.2) is 11.0 Å². The van der Waals surface area contributed by atoms with Crippen LogP contribution in [0.5, 0.6) is 0 Å². The van der Waals surface area contributed by atoms with Crippen LogP contribution in [0, 0.1) is 0 Å². The zero-order valence-electron chi connectivity index (χ0n) is 16.1. The van der Waals surface area contributed by atoms with E-state index in [9.17, 15) is 9.59 Å². The van der Waals surface area contributed by atoms with Crippen molar-refractivity contribution in [3.05, 3.63) is 45.9 Å². The van der Waals surface area contributed by atoms with E-state index in [2.05, 4.69) is 15.5 Å². The van der Waals surface area contributed by atoms with Crippen molar-refractivity contribution in [3.63, 3.8) is 0 Å². The van der Waals surface area contributed by atoms with Crippen molar-refractivity contribution in [1.82, 2.24) is 14.7 Å². The van der Waals surface area contributed by atoms with E-state index in [-0.39, 0.29) is 23.3 Å². The minimum Gasteiger partial charge on any atom is -0.379 e. The molecule has 154 valence electrons. The summed E-state index contributed by atoms with van der Waals surface area (Å²) in [6.45, 7) is 4.88. The number of ether oxygens (including phenoxy) is 1. The van der Waals surface area contributed by atoms with Crippen LogP contribution in [-0.4, -0.2) is 39.1 Å². The molecular weight excluding hydrogens is 416 g/mol. The molecule has 0 radical (unpaired) electrons. The Morgan fingerprint density at radius 3 is 2.93 bits per heavy atom. The molecule has 0 fully saturated rings. The molecule has 1 N–H and O–H groups in total. The van der Waals surface area contributed by atoms with E-state index in [0.717, 1.165) is 0 Å². The van der Waals surface area contributed by atoms with Crippen LogP contribution in [0.25, 0.3) is 10.9 Å². The van der Waals surface area contributed by atoms with Crippen LogP contribution in [0.15, 0.2) is 45.0 Å². The van der Waals surface area contributed by atoms with Crippen LogP contribution in [0.4, 0.5) is 5.82 Å². The zero-order chi connectivity index (χ0) is 20.8. The van der Waals surface area contributed by atoms with Crippen molar-refractivity contribution >= 4 is 46.0 Å². The van der Waals surface area contributed by atoms with Gasteiger partial charge in [-0.2, -0.15) is 0 Å². The Balaban J connectivity index is 1.81. The Morgan fingerprint density at radius 2 is 2.21 bits per heavy atom. The zero-order valence-corrected chi connectivity index (χ0v) is 17.6. The molecule has 0 saturated heterocycles. The van der Waals surface area contributed by atoms with E-state index in [4.69, 9.17) is 20.9 Å². The molecule has 3 aromatic rings. The molecule has 0 aliphatic rings. The van der Waals surface area contributed by atoms with Crippen LogP contribution in [0.3, 0.4) is 0 Å². The second kappa shape index (κ2) is 9.91. The van der Waals surface area contributed by atoms with Gasteiger partial charge in [-0.1, -0.05) is 28.5 Å². The molecule has 0 aliphatic carbocycles. The molecule has 0 aliphatic heterocycles. The van der Waals surface area contributed by atoms with Crippen molar-refractivity contribution in [2.24, 2.45) is 0 Å². The molecule has 8 nitrogen and oxygen atoms in total. The number of nitrogens with one attached hydrogen (secondary N) is 1. The summed E-state index contributed by atoms with van der Waals surface area (Å²) in [5.41, 5.74) is 0.326. The number of aromatic nitrogens is 3. The molecule has 0 unspecified atom stereocenters. The lowest BCUT2D eigenvalue weighted by atomic mass is 10.2. The third-order valence-electron chi connectivity index (χ3n) is 3.90. The quantitative estimate of drug-likeness (QED) is 0.311. The molecule has 1 amide bonds. The van der Waals surface area contributed by atoms with Gasteiger partial charge in [0.2, 0.25) is 5.91 Å². The van der Waals surface area contributed by atoms with E-state index in [1.165, 1.54) is 18.0 Å². The summed E-state index contributed by atoms with van der Waals surface area (Å²) in [5.74, 6) is 0.115. The molecular formula is C19H21ClN4O4S. The smallest absolute Gasteiger partial charge is 0.262 e. The van der Waals surface area contributed by atoms with Crippen LogP contribution in [0.2, 0.25) is 5.02 Å². The van der Waals surface area contributed by atoms with Crippen molar-refractivity contribution in [2.45, 2.75) is 38.1 Å². The van der Waals surface area contributed by atoms with Gasteiger partial charge < -0.3 is 14.6 Å². The number of halogens is 1. The highest BCUT2D eigenvalue weighted by Crippen LogP contribution is 2.21. The monoisotopic (exact) mass is 436 g/mol. The van der Waals surface area contributed by atoms with Gasteiger partial charge in [-0.05, 0) is 38.5 Å². The first-order chi connectivity index (χ1) is 13.9. The van der Waals surface area contributed by atoms with Crippen molar-refractivity contribution in [1.29, 1.82) is 0 Å². The molecule has 0 bridgehead atoms. The average molecular weight is 437 g/mol. The third kappa shape index (κ3) is 5.81. The summed E-state index contributed by atoms with van der Waals surface area (Å²) < 4.78 is 11.8. The molecule has 3 rings (SSSR count). The summed E-state index contributed by atoms with van der Waals surface area (Å²) in [5, 5.41) is 7.68. The first kappa shape index (κ1) is 21.4. The molecule has 1 aromatic carbocycles. The lowest BCUT2D eigenvalue weighted by Gasteiger charge is -2.14. The first-order valence-corrected chi connectivity index (χ1v) is 10.4. The number of rotatable bonds is 9. The largest absolute Gasteiger partial charge is 0.379 e. The SMILES string of the molecule is CC(C)OCCCn1c(SCC(=O)Nc2ccon2)nc2cc(Cl)ccc2c1=O. The summed E-state index contributed by atoms with van der Waals surface area (Å²) in [6, 6.07) is 6.52. The maximum absolute atomic E-state index is 13.0. The fraction of sp³-hybridized carbons (Fsp3) is 0.368. The van der Waals surface area contributed by atoms with Gasteiger partial charge in [0.25, 0.3) is 5.56 Å². The van der Waals surface area contributed by atoms with Crippen LogP contribution < -0.4 is 10.9 Å². The predicted octanol–water partition coefficient (Wildman–Crippen LogP) is 3.58. The second-order valence-electron chi connectivity index (χ2n) is 6.51. The van der Waals surface area contributed by atoms with Crippen molar-refractivity contribution in [3.8, 4) is 0 Å². The van der Waals surface area contributed by atoms with E-state index in [1.807, 2.05) is 13.8 Å². The minimum absolute atomic E-state index is 0.0634. The maximum atomic E-state index is 13.0. The molecule has 0 spiro atoms. The maximum Gasteiger partial charge on any atom is 0.262 e. The number of carbonyl (C=O) groups excluding carboxylic acids is 1. The van der Waals surface area contributed by atoms with Crippen LogP contribution in [0.1, 0.15) is 20.3 Å². The molecule has 2 heterocycles. The van der Waals surface area contributed by atoms with Gasteiger partial charge in [0.05, 0.1) is 22.8 Å². The van der Waals surface area contributed by atoms with Crippen molar-refractivity contribution < 1.29 is 14.1 Å². The standard InChI is InChI=1S/C19H21ClN4O4S/c1-12(2)27-8-3-7-24-18(26)14-5-4-13(20)10-15(14)21-19(24)29-11-17(25)22-16-6-9-28-23-16/h4-6,9-10,12H,3,7-8,11H2,1-2H3,(H,22,23,25). The fourth-order valence-corrected chi connectivity index (χ4v) is 3.60. The highest BCUT2D eigenvalue weighted by Gasteiger charge is 2.14. The van der Waals surface area contributed by atoms with Gasteiger partial charge in [0.1, 0.15) is 6.26 Å². The number of hydrogen-bond donors (Lipinski definition) is 1. The normalized spacial score (nSPS) is 11.3. The lowest BCUT2D eigenvalue weighted by molar-refractivity contribution is -0.113. The Kier molecular flexibility index (Phi) is 7.29.